The van der Waals surface area contributed by atoms with Gasteiger partial charge in [-0.1, -0.05) is 126 Å². The van der Waals surface area contributed by atoms with Crippen molar-refractivity contribution in [1.29, 1.82) is 0 Å². The monoisotopic (exact) mass is 332 g/mol. The summed E-state index contributed by atoms with van der Waals surface area (Å²) in [5.41, 5.74) is 0. The van der Waals surface area contributed by atoms with Gasteiger partial charge in [0, 0.05) is 0 Å². The first-order valence-electron chi connectivity index (χ1n) is 8.23. The minimum atomic E-state index is -1.83. The van der Waals surface area contributed by atoms with E-state index in [2.05, 4.69) is 111 Å². The molecule has 3 aromatic rings. The predicted octanol–water partition coefficient (Wildman–Crippen LogP) is 3.57. The van der Waals surface area contributed by atoms with Crippen molar-refractivity contribution in [2.45, 2.75) is 19.6 Å². The molecule has 0 aliphatic carbocycles. The Kier molecular flexibility index (Phi) is 4.38. The second-order valence-electron chi connectivity index (χ2n) is 6.85. The van der Waals surface area contributed by atoms with E-state index in [0.717, 1.165) is 0 Å². The molecule has 0 N–H and O–H groups in total. The first-order valence-corrected chi connectivity index (χ1v) is 14.7. The van der Waals surface area contributed by atoms with Crippen LogP contribution in [0.1, 0.15) is 0 Å². The molecule has 0 bridgehead atoms. The summed E-state index contributed by atoms with van der Waals surface area (Å²) in [5.74, 6) is 0. The Hall–Kier alpha value is -1.91. The van der Waals surface area contributed by atoms with Crippen molar-refractivity contribution in [1.82, 2.24) is 0 Å². The van der Waals surface area contributed by atoms with Gasteiger partial charge in [0.2, 0.25) is 0 Å². The van der Waals surface area contributed by atoms with E-state index in [9.17, 15) is 0 Å². The molecule has 0 amide bonds. The Morgan fingerprint density at radius 2 is 0.739 bits per heavy atom. The van der Waals surface area contributed by atoms with Gasteiger partial charge in [-0.05, 0) is 0 Å². The van der Waals surface area contributed by atoms with Crippen LogP contribution in [0.3, 0.4) is 0 Å². The minimum absolute atomic E-state index is 1.55. The van der Waals surface area contributed by atoms with Crippen molar-refractivity contribution in [3.63, 3.8) is 0 Å². The van der Waals surface area contributed by atoms with E-state index in [1.807, 2.05) is 0 Å². The topological polar surface area (TPSA) is 0 Å². The molecule has 0 radical (unpaired) electrons. The van der Waals surface area contributed by atoms with Gasteiger partial charge in [0.05, 0.1) is 7.59 Å². The normalized spacial score (nSPS) is 12.1. The number of benzene rings is 3. The van der Waals surface area contributed by atoms with Crippen LogP contribution in [0.25, 0.3) is 0 Å². The van der Waals surface area contributed by atoms with Crippen molar-refractivity contribution in [2.75, 3.05) is 0 Å². The Balaban J connectivity index is 2.25. The second-order valence-corrected chi connectivity index (χ2v) is 20.8. The molecule has 23 heavy (non-hydrogen) atoms. The molecule has 0 aliphatic rings. The average Bonchev–Trinajstić information content (AvgIpc) is 2.63. The van der Waals surface area contributed by atoms with E-state index >= 15 is 0 Å². The summed E-state index contributed by atoms with van der Waals surface area (Å²) in [6.45, 7) is 7.67. The highest BCUT2D eigenvalue weighted by molar-refractivity contribution is 7.54. The molecule has 0 atom stereocenters. The largest absolute Gasteiger partial charge is 0.112 e. The number of hydrogen-bond acceptors (Lipinski definition) is 0. The molecule has 0 nitrogen and oxygen atoms in total. The van der Waals surface area contributed by atoms with E-state index in [0.29, 0.717) is 0 Å². The molecule has 0 unspecified atom stereocenters. The molecule has 3 rings (SSSR count). The van der Waals surface area contributed by atoms with Crippen LogP contribution in [-0.4, -0.2) is 15.2 Å². The van der Waals surface area contributed by atoms with Gasteiger partial charge in [-0.3, -0.25) is 0 Å². The van der Waals surface area contributed by atoms with Gasteiger partial charge in [0.15, 0.2) is 0 Å². The van der Waals surface area contributed by atoms with Crippen LogP contribution < -0.4 is 15.6 Å². The number of hydrogen-bond donors (Lipinski definition) is 0. The highest BCUT2D eigenvalue weighted by Gasteiger charge is 2.48. The van der Waals surface area contributed by atoms with Crippen molar-refractivity contribution < 1.29 is 0 Å². The Bertz CT molecular complexity index is 710. The van der Waals surface area contributed by atoms with Crippen LogP contribution in [0.4, 0.5) is 0 Å². The lowest BCUT2D eigenvalue weighted by atomic mass is 10.4. The fraction of sp³-hybridized carbons (Fsp3) is 0.143. The quantitative estimate of drug-likeness (QED) is 0.641. The third kappa shape index (κ3) is 2.73. The standard InChI is InChI=1S/C21H24Si2/c1-22(2,19-13-7-4-8-14-19)23(3,20-15-9-5-10-16-20)21-17-11-6-12-18-21/h4-18H,1-3H3. The molecule has 3 aromatic carbocycles. The third-order valence-corrected chi connectivity index (χ3v) is 22.8. The molecule has 0 spiro atoms. The molecule has 0 saturated carbocycles. The van der Waals surface area contributed by atoms with Crippen molar-refractivity contribution in [2.24, 2.45) is 0 Å². The molecule has 0 aromatic heterocycles. The van der Waals surface area contributed by atoms with Crippen LogP contribution in [0, 0.1) is 0 Å². The zero-order valence-electron chi connectivity index (χ0n) is 14.2. The molecule has 2 heteroatoms. The summed E-state index contributed by atoms with van der Waals surface area (Å²) < 4.78 is 0. The summed E-state index contributed by atoms with van der Waals surface area (Å²) in [7, 11) is -3.51. The van der Waals surface area contributed by atoms with Gasteiger partial charge in [-0.25, -0.2) is 0 Å². The lowest BCUT2D eigenvalue weighted by Gasteiger charge is -2.42. The van der Waals surface area contributed by atoms with Gasteiger partial charge >= 0.3 is 0 Å². The first kappa shape index (κ1) is 16.0. The van der Waals surface area contributed by atoms with Crippen LogP contribution in [-0.2, 0) is 0 Å². The first-order chi connectivity index (χ1) is 11.1. The van der Waals surface area contributed by atoms with Crippen LogP contribution in [0.2, 0.25) is 19.6 Å². The van der Waals surface area contributed by atoms with Gasteiger partial charge < -0.3 is 0 Å². The molecular weight excluding hydrogens is 308 g/mol. The molecular formula is C21H24Si2. The SMILES string of the molecule is C[Si](C)(c1ccccc1)[Si](C)(c1ccccc1)c1ccccc1. The van der Waals surface area contributed by atoms with Gasteiger partial charge in [0.1, 0.15) is 7.59 Å². The zero-order valence-corrected chi connectivity index (χ0v) is 16.2. The molecule has 116 valence electrons. The number of rotatable bonds is 4. The fourth-order valence-electron chi connectivity index (χ4n) is 3.57. The van der Waals surface area contributed by atoms with Gasteiger partial charge in [-0.2, -0.15) is 0 Å². The fourth-order valence-corrected chi connectivity index (χ4v) is 16.2. The highest BCUT2D eigenvalue weighted by Crippen LogP contribution is 2.20. The van der Waals surface area contributed by atoms with Crippen LogP contribution in [0.15, 0.2) is 91.0 Å². The highest BCUT2D eigenvalue weighted by atomic mass is 29.3. The Labute approximate surface area is 141 Å². The Morgan fingerprint density at radius 1 is 0.435 bits per heavy atom. The van der Waals surface area contributed by atoms with E-state index in [4.69, 9.17) is 0 Å². The minimum Gasteiger partial charge on any atom is -0.0668 e. The van der Waals surface area contributed by atoms with Crippen molar-refractivity contribution in [3.8, 4) is 0 Å². The Morgan fingerprint density at radius 3 is 1.09 bits per heavy atom. The molecule has 0 saturated heterocycles. The summed E-state index contributed by atoms with van der Waals surface area (Å²) in [4.78, 5) is 0. The predicted molar refractivity (Wildman–Crippen MR) is 107 cm³/mol. The van der Waals surface area contributed by atoms with Crippen molar-refractivity contribution in [3.05, 3.63) is 91.0 Å². The van der Waals surface area contributed by atoms with E-state index in [-0.39, 0.29) is 0 Å². The lowest BCUT2D eigenvalue weighted by Crippen LogP contribution is -2.76. The average molecular weight is 333 g/mol. The molecule has 0 heterocycles. The van der Waals surface area contributed by atoms with Gasteiger partial charge in [0.25, 0.3) is 0 Å². The zero-order chi connectivity index (χ0) is 16.3. The lowest BCUT2D eigenvalue weighted by molar-refractivity contribution is 1.67. The maximum atomic E-state index is 2.57. The van der Waals surface area contributed by atoms with Crippen LogP contribution in [0.5, 0.6) is 0 Å². The summed E-state index contributed by atoms with van der Waals surface area (Å²) >= 11 is 0. The van der Waals surface area contributed by atoms with Gasteiger partial charge in [-0.15, -0.1) is 0 Å². The summed E-state index contributed by atoms with van der Waals surface area (Å²) in [5, 5.41) is 4.65. The second kappa shape index (κ2) is 6.30. The van der Waals surface area contributed by atoms with E-state index < -0.39 is 15.2 Å². The van der Waals surface area contributed by atoms with Crippen LogP contribution >= 0.6 is 0 Å². The third-order valence-electron chi connectivity index (χ3n) is 5.45. The summed E-state index contributed by atoms with van der Waals surface area (Å²) in [6, 6.07) is 33.6. The van der Waals surface area contributed by atoms with E-state index in [1.54, 1.807) is 15.6 Å². The molecule has 0 aliphatic heterocycles. The van der Waals surface area contributed by atoms with Crippen molar-refractivity contribution >= 4 is 30.7 Å². The summed E-state index contributed by atoms with van der Waals surface area (Å²) in [6.07, 6.45) is 0. The smallest absolute Gasteiger partial charge is 0.0668 e. The maximum Gasteiger partial charge on any atom is 0.112 e. The van der Waals surface area contributed by atoms with E-state index in [1.165, 1.54) is 0 Å². The maximum absolute atomic E-state index is 2.57. The molecule has 0 fully saturated rings.